The summed E-state index contributed by atoms with van der Waals surface area (Å²) in [4.78, 5) is 1.87. The van der Waals surface area contributed by atoms with Crippen LogP contribution in [0.1, 0.15) is 5.56 Å². The van der Waals surface area contributed by atoms with Crippen molar-refractivity contribution in [1.29, 1.82) is 0 Å². The van der Waals surface area contributed by atoms with Gasteiger partial charge in [-0.05, 0) is 71.9 Å². The maximum absolute atomic E-state index is 8.65. The molecule has 0 unspecified atom stereocenters. The summed E-state index contributed by atoms with van der Waals surface area (Å²) < 4.78 is 5.84. The molecule has 0 radical (unpaired) electrons. The number of hydrogen-bond donors (Lipinski definition) is 2. The highest BCUT2D eigenvalue weighted by Crippen LogP contribution is 2.22. The lowest BCUT2D eigenvalue weighted by Gasteiger charge is -2.20. The van der Waals surface area contributed by atoms with Crippen molar-refractivity contribution in [3.8, 4) is 17.2 Å². The van der Waals surface area contributed by atoms with Crippen molar-refractivity contribution >= 4 is 33.9 Å². The molecule has 30 heavy (non-hydrogen) atoms. The normalized spacial score (nSPS) is 10.1. The summed E-state index contributed by atoms with van der Waals surface area (Å²) in [6, 6.07) is 28.2. The average molecular weight is 418 g/mol. The van der Waals surface area contributed by atoms with Crippen LogP contribution in [0, 0.1) is 6.92 Å². The largest absolute Gasteiger partial charge is 0.508 e. The van der Waals surface area contributed by atoms with E-state index in [4.69, 9.17) is 27.2 Å². The summed E-state index contributed by atoms with van der Waals surface area (Å²) in [5.41, 5.74) is 2.21. The Labute approximate surface area is 181 Å². The third-order valence-electron chi connectivity index (χ3n) is 4.42. The number of thiocarbonyl (C=S) groups is 1. The van der Waals surface area contributed by atoms with E-state index in [1.807, 2.05) is 54.4 Å². The maximum atomic E-state index is 8.65. The van der Waals surface area contributed by atoms with Crippen LogP contribution in [0.25, 0.3) is 10.8 Å². The standard InChI is InChI=1S/C19H17NOS.C6H6O2/c1-14-6-5-9-17(12-14)20(2)19(22)21-18-11-10-15-7-3-4-8-16(15)13-18;7-5-2-1-3-6(8)4-5/h3-13H,1-2H3;1-4,7-8H. The van der Waals surface area contributed by atoms with Gasteiger partial charge in [-0.25, -0.2) is 0 Å². The minimum Gasteiger partial charge on any atom is -0.508 e. The Morgan fingerprint density at radius 3 is 2.07 bits per heavy atom. The molecule has 0 atom stereocenters. The first kappa shape index (κ1) is 21.1. The van der Waals surface area contributed by atoms with Gasteiger partial charge in [-0.1, -0.05) is 48.5 Å². The first-order valence-corrected chi connectivity index (χ1v) is 9.82. The molecule has 0 aliphatic carbocycles. The third kappa shape index (κ3) is 5.72. The van der Waals surface area contributed by atoms with Crippen LogP contribution in [0.5, 0.6) is 17.2 Å². The predicted molar refractivity (Wildman–Crippen MR) is 127 cm³/mol. The van der Waals surface area contributed by atoms with Crippen LogP contribution >= 0.6 is 12.2 Å². The van der Waals surface area contributed by atoms with Gasteiger partial charge in [0.15, 0.2) is 0 Å². The molecule has 4 aromatic rings. The zero-order chi connectivity index (χ0) is 21.5. The Morgan fingerprint density at radius 2 is 1.43 bits per heavy atom. The number of ether oxygens (including phenoxy) is 1. The quantitative estimate of drug-likeness (QED) is 0.389. The van der Waals surface area contributed by atoms with E-state index in [1.165, 1.54) is 29.1 Å². The van der Waals surface area contributed by atoms with E-state index < -0.39 is 0 Å². The Bertz CT molecular complexity index is 1140. The molecule has 4 rings (SSSR count). The lowest BCUT2D eigenvalue weighted by Crippen LogP contribution is -2.29. The van der Waals surface area contributed by atoms with Gasteiger partial charge >= 0.3 is 0 Å². The minimum absolute atomic E-state index is 0.0880. The Morgan fingerprint density at radius 1 is 0.767 bits per heavy atom. The van der Waals surface area contributed by atoms with E-state index >= 15 is 0 Å². The minimum atomic E-state index is 0.0880. The zero-order valence-electron chi connectivity index (χ0n) is 16.8. The van der Waals surface area contributed by atoms with Crippen molar-refractivity contribution in [2.24, 2.45) is 0 Å². The van der Waals surface area contributed by atoms with Gasteiger partial charge in [0.1, 0.15) is 17.2 Å². The van der Waals surface area contributed by atoms with E-state index in [2.05, 4.69) is 31.2 Å². The second-order valence-corrected chi connectivity index (χ2v) is 7.14. The second-order valence-electron chi connectivity index (χ2n) is 6.79. The molecule has 0 aromatic heterocycles. The molecular formula is C25H23NO3S. The van der Waals surface area contributed by atoms with Crippen LogP contribution in [-0.2, 0) is 0 Å². The summed E-state index contributed by atoms with van der Waals surface area (Å²) in [7, 11) is 1.91. The monoisotopic (exact) mass is 417 g/mol. The number of phenols is 2. The van der Waals surface area contributed by atoms with Crippen molar-refractivity contribution in [3.05, 3.63) is 96.6 Å². The molecule has 0 saturated heterocycles. The Balaban J connectivity index is 0.000000269. The number of phenolic OH excluding ortho intramolecular Hbond substituents is 2. The van der Waals surface area contributed by atoms with Crippen LogP contribution in [0.2, 0.25) is 0 Å². The number of hydrogen-bond acceptors (Lipinski definition) is 4. The molecule has 0 spiro atoms. The van der Waals surface area contributed by atoms with Gasteiger partial charge < -0.3 is 19.8 Å². The molecular weight excluding hydrogens is 394 g/mol. The van der Waals surface area contributed by atoms with Crippen molar-refractivity contribution in [3.63, 3.8) is 0 Å². The fraction of sp³-hybridized carbons (Fsp3) is 0.0800. The molecule has 0 heterocycles. The predicted octanol–water partition coefficient (Wildman–Crippen LogP) is 6.05. The number of anilines is 1. The first-order chi connectivity index (χ1) is 14.4. The Kier molecular flexibility index (Phi) is 6.88. The van der Waals surface area contributed by atoms with E-state index in [1.54, 1.807) is 6.07 Å². The molecule has 152 valence electrons. The lowest BCUT2D eigenvalue weighted by molar-refractivity contribution is 0.450. The summed E-state index contributed by atoms with van der Waals surface area (Å²) in [5.74, 6) is 0.929. The molecule has 4 aromatic carbocycles. The zero-order valence-corrected chi connectivity index (χ0v) is 17.6. The molecule has 2 N–H and O–H groups in total. The Hall–Kier alpha value is -3.57. The lowest BCUT2D eigenvalue weighted by atomic mass is 10.1. The molecule has 0 amide bonds. The van der Waals surface area contributed by atoms with E-state index in [0.717, 1.165) is 16.8 Å². The van der Waals surface area contributed by atoms with Crippen LogP contribution in [0.15, 0.2) is 91.0 Å². The molecule has 0 saturated carbocycles. The van der Waals surface area contributed by atoms with Gasteiger partial charge in [-0.3, -0.25) is 0 Å². The number of aryl methyl sites for hydroxylation is 1. The summed E-state index contributed by atoms with van der Waals surface area (Å²) in [6.07, 6.45) is 0. The number of nitrogens with zero attached hydrogens (tertiary/aromatic N) is 1. The number of benzene rings is 4. The highest BCUT2D eigenvalue weighted by molar-refractivity contribution is 7.80. The van der Waals surface area contributed by atoms with E-state index in [-0.39, 0.29) is 11.5 Å². The fourth-order valence-electron chi connectivity index (χ4n) is 2.84. The topological polar surface area (TPSA) is 52.9 Å². The van der Waals surface area contributed by atoms with Gasteiger partial charge in [0, 0.05) is 18.8 Å². The first-order valence-electron chi connectivity index (χ1n) is 9.41. The number of rotatable bonds is 2. The molecule has 5 heteroatoms. The van der Waals surface area contributed by atoms with E-state index in [9.17, 15) is 0 Å². The molecule has 0 aliphatic heterocycles. The van der Waals surface area contributed by atoms with Crippen LogP contribution in [0.4, 0.5) is 5.69 Å². The average Bonchev–Trinajstić information content (AvgIpc) is 2.73. The molecule has 0 aliphatic rings. The van der Waals surface area contributed by atoms with Crippen molar-refractivity contribution in [1.82, 2.24) is 0 Å². The highest BCUT2D eigenvalue weighted by atomic mass is 32.1. The van der Waals surface area contributed by atoms with Crippen LogP contribution in [0.3, 0.4) is 0 Å². The van der Waals surface area contributed by atoms with Crippen LogP contribution in [-0.4, -0.2) is 22.4 Å². The smallest absolute Gasteiger partial charge is 0.269 e. The summed E-state index contributed by atoms with van der Waals surface area (Å²) in [5, 5.41) is 20.1. The SMILES string of the molecule is Cc1cccc(N(C)C(=S)Oc2ccc3ccccc3c2)c1.Oc1cccc(O)c1. The van der Waals surface area contributed by atoms with Crippen LogP contribution < -0.4 is 9.64 Å². The van der Waals surface area contributed by atoms with Gasteiger partial charge in [-0.2, -0.15) is 0 Å². The summed E-state index contributed by atoms with van der Waals surface area (Å²) in [6.45, 7) is 2.06. The number of fused-ring (bicyclic) bond motifs is 1. The molecule has 0 bridgehead atoms. The van der Waals surface area contributed by atoms with Crippen molar-refractivity contribution < 1.29 is 14.9 Å². The number of aromatic hydroxyl groups is 2. The van der Waals surface area contributed by atoms with Gasteiger partial charge in [-0.15, -0.1) is 0 Å². The second kappa shape index (κ2) is 9.76. The van der Waals surface area contributed by atoms with Crippen molar-refractivity contribution in [2.45, 2.75) is 6.92 Å². The fourth-order valence-corrected chi connectivity index (χ4v) is 3.04. The van der Waals surface area contributed by atoms with E-state index in [0.29, 0.717) is 5.17 Å². The van der Waals surface area contributed by atoms with Gasteiger partial charge in [0.05, 0.1) is 0 Å². The van der Waals surface area contributed by atoms with Crippen molar-refractivity contribution in [2.75, 3.05) is 11.9 Å². The maximum Gasteiger partial charge on any atom is 0.269 e. The summed E-state index contributed by atoms with van der Waals surface area (Å²) >= 11 is 5.41. The van der Waals surface area contributed by atoms with Gasteiger partial charge in [0.2, 0.25) is 0 Å². The molecule has 0 fully saturated rings. The third-order valence-corrected chi connectivity index (χ3v) is 4.78. The molecule has 4 nitrogen and oxygen atoms in total. The highest BCUT2D eigenvalue weighted by Gasteiger charge is 2.09. The van der Waals surface area contributed by atoms with Gasteiger partial charge in [0.25, 0.3) is 5.17 Å².